The van der Waals surface area contributed by atoms with E-state index in [9.17, 15) is 4.79 Å². The molecule has 1 heterocycles. The molecular formula is C26H29N3O3. The van der Waals surface area contributed by atoms with Gasteiger partial charge < -0.3 is 25.0 Å². The summed E-state index contributed by atoms with van der Waals surface area (Å²) < 4.78 is 11.2. The van der Waals surface area contributed by atoms with Crippen molar-refractivity contribution in [3.63, 3.8) is 0 Å². The number of hydrogen-bond acceptors (Lipinski definition) is 4. The highest BCUT2D eigenvalue weighted by atomic mass is 16.5. The molecule has 1 fully saturated rings. The summed E-state index contributed by atoms with van der Waals surface area (Å²) in [5.74, 6) is 2.37. The van der Waals surface area contributed by atoms with E-state index in [1.807, 2.05) is 66.7 Å². The van der Waals surface area contributed by atoms with Gasteiger partial charge in [-0.15, -0.1) is 0 Å². The maximum atomic E-state index is 12.5. The summed E-state index contributed by atoms with van der Waals surface area (Å²) in [6.07, 6.45) is 1.82. The summed E-state index contributed by atoms with van der Waals surface area (Å²) in [6, 6.07) is 25.5. The van der Waals surface area contributed by atoms with Crippen molar-refractivity contribution in [3.05, 3.63) is 84.4 Å². The molecule has 6 nitrogen and oxygen atoms in total. The minimum absolute atomic E-state index is 0.151. The van der Waals surface area contributed by atoms with Crippen LogP contribution in [0.4, 0.5) is 10.5 Å². The molecule has 0 spiro atoms. The van der Waals surface area contributed by atoms with Crippen molar-refractivity contribution in [2.45, 2.75) is 25.4 Å². The Labute approximate surface area is 189 Å². The number of amides is 2. The number of para-hydroxylation sites is 2. The molecule has 3 aromatic rings. The topological polar surface area (TPSA) is 62.8 Å². The minimum Gasteiger partial charge on any atom is -0.497 e. The number of urea groups is 1. The maximum Gasteiger partial charge on any atom is 0.315 e. The second kappa shape index (κ2) is 10.6. The Kier molecular flexibility index (Phi) is 7.12. The van der Waals surface area contributed by atoms with Gasteiger partial charge in [0.2, 0.25) is 0 Å². The molecule has 1 aliphatic heterocycles. The Bertz CT molecular complexity index is 1000. The lowest BCUT2D eigenvalue weighted by Gasteiger charge is -2.34. The van der Waals surface area contributed by atoms with Gasteiger partial charge in [-0.2, -0.15) is 0 Å². The molecule has 0 radical (unpaired) electrons. The van der Waals surface area contributed by atoms with Crippen LogP contribution < -0.4 is 25.0 Å². The molecule has 2 amide bonds. The third kappa shape index (κ3) is 5.72. The summed E-state index contributed by atoms with van der Waals surface area (Å²) >= 11 is 0. The first-order valence-electron chi connectivity index (χ1n) is 11.0. The zero-order chi connectivity index (χ0) is 22.2. The Morgan fingerprint density at radius 1 is 0.906 bits per heavy atom. The third-order valence-electron chi connectivity index (χ3n) is 5.65. The first kappa shape index (κ1) is 21.6. The van der Waals surface area contributed by atoms with Crippen LogP contribution in [0, 0.1) is 0 Å². The van der Waals surface area contributed by atoms with Crippen LogP contribution in [0.25, 0.3) is 0 Å². The summed E-state index contributed by atoms with van der Waals surface area (Å²) in [7, 11) is 1.67. The molecule has 4 rings (SSSR count). The maximum absolute atomic E-state index is 12.5. The first-order chi connectivity index (χ1) is 15.7. The van der Waals surface area contributed by atoms with Crippen molar-refractivity contribution in [1.29, 1.82) is 0 Å². The van der Waals surface area contributed by atoms with E-state index >= 15 is 0 Å². The molecule has 0 aromatic heterocycles. The van der Waals surface area contributed by atoms with E-state index < -0.39 is 0 Å². The molecular weight excluding hydrogens is 402 g/mol. The van der Waals surface area contributed by atoms with E-state index in [1.165, 1.54) is 5.69 Å². The smallest absolute Gasteiger partial charge is 0.315 e. The normalized spacial score (nSPS) is 14.0. The van der Waals surface area contributed by atoms with Crippen molar-refractivity contribution in [3.8, 4) is 17.2 Å². The molecule has 166 valence electrons. The average Bonchev–Trinajstić information content (AvgIpc) is 2.85. The minimum atomic E-state index is -0.151. The van der Waals surface area contributed by atoms with Crippen LogP contribution in [0.3, 0.4) is 0 Å². The van der Waals surface area contributed by atoms with Gasteiger partial charge in [0.1, 0.15) is 17.2 Å². The molecule has 1 aliphatic rings. The van der Waals surface area contributed by atoms with Crippen molar-refractivity contribution in [1.82, 2.24) is 10.6 Å². The van der Waals surface area contributed by atoms with Crippen LogP contribution in [-0.4, -0.2) is 32.3 Å². The van der Waals surface area contributed by atoms with E-state index in [0.717, 1.165) is 48.7 Å². The number of methoxy groups -OCH3 is 1. The van der Waals surface area contributed by atoms with Gasteiger partial charge in [-0.1, -0.05) is 36.4 Å². The monoisotopic (exact) mass is 431 g/mol. The Morgan fingerprint density at radius 2 is 1.59 bits per heavy atom. The molecule has 1 saturated heterocycles. The van der Waals surface area contributed by atoms with Crippen molar-refractivity contribution in [2.24, 2.45) is 0 Å². The standard InChI is InChI=1S/C26H29N3O3/c1-31-23-13-11-22(12-14-23)29-17-15-21(16-18-29)28-26(30)27-19-20-7-5-6-10-25(20)32-24-8-3-2-4-9-24/h2-14,21H,15-19H2,1H3,(H2,27,28,30). The van der Waals surface area contributed by atoms with Gasteiger partial charge in [0.25, 0.3) is 0 Å². The van der Waals surface area contributed by atoms with Crippen LogP contribution in [0.2, 0.25) is 0 Å². The molecule has 32 heavy (non-hydrogen) atoms. The van der Waals surface area contributed by atoms with E-state index in [0.29, 0.717) is 6.54 Å². The van der Waals surface area contributed by atoms with Gasteiger partial charge in [0, 0.05) is 36.9 Å². The van der Waals surface area contributed by atoms with Gasteiger partial charge in [-0.25, -0.2) is 4.79 Å². The predicted octanol–water partition coefficient (Wildman–Crippen LogP) is 4.96. The quantitative estimate of drug-likeness (QED) is 0.555. The molecule has 3 aromatic carbocycles. The fourth-order valence-electron chi connectivity index (χ4n) is 3.85. The lowest BCUT2D eigenvalue weighted by molar-refractivity contribution is 0.234. The molecule has 0 unspecified atom stereocenters. The molecule has 2 N–H and O–H groups in total. The number of anilines is 1. The second-order valence-corrected chi connectivity index (χ2v) is 7.81. The highest BCUT2D eigenvalue weighted by molar-refractivity contribution is 5.74. The third-order valence-corrected chi connectivity index (χ3v) is 5.65. The number of hydrogen-bond donors (Lipinski definition) is 2. The van der Waals surface area contributed by atoms with Crippen LogP contribution in [0.5, 0.6) is 17.2 Å². The first-order valence-corrected chi connectivity index (χ1v) is 11.0. The Morgan fingerprint density at radius 3 is 2.31 bits per heavy atom. The molecule has 6 heteroatoms. The van der Waals surface area contributed by atoms with Crippen molar-refractivity contribution >= 4 is 11.7 Å². The highest BCUT2D eigenvalue weighted by Gasteiger charge is 2.21. The SMILES string of the molecule is COc1ccc(N2CCC(NC(=O)NCc3ccccc3Oc3ccccc3)CC2)cc1. The van der Waals surface area contributed by atoms with Gasteiger partial charge in [-0.3, -0.25) is 0 Å². The fourth-order valence-corrected chi connectivity index (χ4v) is 3.85. The summed E-state index contributed by atoms with van der Waals surface area (Å²) in [6.45, 7) is 2.22. The largest absolute Gasteiger partial charge is 0.497 e. The second-order valence-electron chi connectivity index (χ2n) is 7.81. The van der Waals surface area contributed by atoms with Crippen molar-refractivity contribution in [2.75, 3.05) is 25.1 Å². The Hall–Kier alpha value is -3.67. The Balaban J connectivity index is 1.24. The summed E-state index contributed by atoms with van der Waals surface area (Å²) in [5, 5.41) is 6.08. The summed E-state index contributed by atoms with van der Waals surface area (Å²) in [4.78, 5) is 14.8. The van der Waals surface area contributed by atoms with Crippen LogP contribution >= 0.6 is 0 Å². The number of carbonyl (C=O) groups is 1. The lowest BCUT2D eigenvalue weighted by atomic mass is 10.0. The van der Waals surface area contributed by atoms with Crippen LogP contribution in [0.1, 0.15) is 18.4 Å². The van der Waals surface area contributed by atoms with E-state index in [2.05, 4.69) is 27.7 Å². The van der Waals surface area contributed by atoms with E-state index in [1.54, 1.807) is 7.11 Å². The zero-order valence-corrected chi connectivity index (χ0v) is 18.3. The highest BCUT2D eigenvalue weighted by Crippen LogP contribution is 2.25. The molecule has 0 bridgehead atoms. The fraction of sp³-hybridized carbons (Fsp3) is 0.269. The van der Waals surface area contributed by atoms with Crippen LogP contribution in [-0.2, 0) is 6.54 Å². The van der Waals surface area contributed by atoms with E-state index in [4.69, 9.17) is 9.47 Å². The predicted molar refractivity (Wildman–Crippen MR) is 127 cm³/mol. The number of rotatable bonds is 7. The summed E-state index contributed by atoms with van der Waals surface area (Å²) in [5.41, 5.74) is 2.12. The number of ether oxygens (including phenoxy) is 2. The number of nitrogens with one attached hydrogen (secondary N) is 2. The number of benzene rings is 3. The molecule has 0 saturated carbocycles. The number of piperidine rings is 1. The molecule has 0 aliphatic carbocycles. The van der Waals surface area contributed by atoms with Crippen LogP contribution in [0.15, 0.2) is 78.9 Å². The zero-order valence-electron chi connectivity index (χ0n) is 18.3. The average molecular weight is 432 g/mol. The number of carbonyl (C=O) groups excluding carboxylic acids is 1. The number of nitrogens with zero attached hydrogens (tertiary/aromatic N) is 1. The lowest BCUT2D eigenvalue weighted by Crippen LogP contribution is -2.47. The van der Waals surface area contributed by atoms with Gasteiger partial charge in [-0.05, 0) is 55.3 Å². The van der Waals surface area contributed by atoms with E-state index in [-0.39, 0.29) is 12.1 Å². The molecule has 0 atom stereocenters. The van der Waals surface area contributed by atoms with Gasteiger partial charge >= 0.3 is 6.03 Å². The van der Waals surface area contributed by atoms with Gasteiger partial charge in [0.05, 0.1) is 7.11 Å². The van der Waals surface area contributed by atoms with Crippen molar-refractivity contribution < 1.29 is 14.3 Å². The van der Waals surface area contributed by atoms with Gasteiger partial charge in [0.15, 0.2) is 0 Å².